The van der Waals surface area contributed by atoms with Crippen molar-refractivity contribution in [2.45, 2.75) is 0 Å². The molecule has 2 amide bonds. The van der Waals surface area contributed by atoms with Crippen LogP contribution >= 0.6 is 11.3 Å². The molecule has 4 rings (SSSR count). The van der Waals surface area contributed by atoms with Gasteiger partial charge in [-0.2, -0.15) is 5.10 Å². The number of hydrogen-bond acceptors (Lipinski definition) is 7. The van der Waals surface area contributed by atoms with E-state index in [2.05, 4.69) is 15.8 Å². The third-order valence-corrected chi connectivity index (χ3v) is 6.27. The molecule has 0 fully saturated rings. The van der Waals surface area contributed by atoms with Crippen molar-refractivity contribution in [3.63, 3.8) is 0 Å². The van der Waals surface area contributed by atoms with Gasteiger partial charge < -0.3 is 15.0 Å². The predicted octanol–water partition coefficient (Wildman–Crippen LogP) is 4.95. The molecule has 39 heavy (non-hydrogen) atoms. The zero-order valence-electron chi connectivity index (χ0n) is 21.3. The topological polar surface area (TPSA) is 100 Å². The van der Waals surface area contributed by atoms with Crippen LogP contribution in [-0.4, -0.2) is 38.1 Å². The molecule has 8 nitrogen and oxygen atoms in total. The van der Waals surface area contributed by atoms with Gasteiger partial charge in [0.1, 0.15) is 16.3 Å². The smallest absolute Gasteiger partial charge is 0.353 e. The highest BCUT2D eigenvalue weighted by atomic mass is 32.1. The number of anilines is 1. The molecular formula is C30H26N4O4S. The zero-order valence-corrected chi connectivity index (χ0v) is 22.1. The largest absolute Gasteiger partial charge is 0.422 e. The molecular weight excluding hydrogens is 512 g/mol. The van der Waals surface area contributed by atoms with Crippen LogP contribution in [0.15, 0.2) is 107 Å². The summed E-state index contributed by atoms with van der Waals surface area (Å²) in [6.07, 6.45) is 3.00. The summed E-state index contributed by atoms with van der Waals surface area (Å²) in [6.45, 7) is 0. The first-order valence-electron chi connectivity index (χ1n) is 11.9. The molecule has 0 aliphatic carbocycles. The molecule has 3 aromatic carbocycles. The number of benzene rings is 3. The van der Waals surface area contributed by atoms with Gasteiger partial charge in [-0.3, -0.25) is 9.59 Å². The molecule has 0 bridgehead atoms. The molecule has 1 heterocycles. The summed E-state index contributed by atoms with van der Waals surface area (Å²) in [5.41, 5.74) is 5.22. The summed E-state index contributed by atoms with van der Waals surface area (Å²) < 4.78 is 5.40. The highest BCUT2D eigenvalue weighted by Gasteiger charge is 2.14. The van der Waals surface area contributed by atoms with Crippen molar-refractivity contribution < 1.29 is 19.1 Å². The highest BCUT2D eigenvalue weighted by Crippen LogP contribution is 2.17. The molecule has 0 unspecified atom stereocenters. The lowest BCUT2D eigenvalue weighted by molar-refractivity contribution is -0.117. The lowest BCUT2D eigenvalue weighted by Crippen LogP contribution is -2.32. The van der Waals surface area contributed by atoms with Crippen LogP contribution in [0.3, 0.4) is 0 Å². The number of carbonyl (C=O) groups excluding carboxylic acids is 3. The van der Waals surface area contributed by atoms with E-state index in [9.17, 15) is 14.4 Å². The molecule has 0 radical (unpaired) electrons. The number of hydrogen-bond donors (Lipinski definition) is 2. The van der Waals surface area contributed by atoms with Crippen molar-refractivity contribution >= 4 is 47.1 Å². The highest BCUT2D eigenvalue weighted by molar-refractivity contribution is 7.12. The number of nitrogens with one attached hydrogen (secondary N) is 2. The molecule has 0 aliphatic rings. The van der Waals surface area contributed by atoms with Gasteiger partial charge in [-0.15, -0.1) is 11.3 Å². The van der Waals surface area contributed by atoms with Crippen LogP contribution in [0.5, 0.6) is 5.75 Å². The Morgan fingerprint density at radius 1 is 0.872 bits per heavy atom. The van der Waals surface area contributed by atoms with Gasteiger partial charge in [0.15, 0.2) is 0 Å². The maximum Gasteiger partial charge on any atom is 0.353 e. The fourth-order valence-corrected chi connectivity index (χ4v) is 4.01. The zero-order chi connectivity index (χ0) is 27.6. The second-order valence-corrected chi connectivity index (χ2v) is 9.45. The van der Waals surface area contributed by atoms with Gasteiger partial charge in [-0.25, -0.2) is 10.2 Å². The minimum Gasteiger partial charge on any atom is -0.422 e. The normalized spacial score (nSPS) is 11.2. The molecule has 0 saturated heterocycles. The molecule has 4 aromatic rings. The number of hydrazone groups is 1. The number of carbonyl (C=O) groups is 3. The van der Waals surface area contributed by atoms with Gasteiger partial charge in [0.25, 0.3) is 11.8 Å². The SMILES string of the molecule is CN(C)c1ccc(/C=C(\NC(=O)c2ccccc2)C(=O)N/N=C\c2cccc(OC(=O)c3cccs3)c2)cc1. The molecule has 1 aromatic heterocycles. The van der Waals surface area contributed by atoms with Crippen LogP contribution in [0.1, 0.15) is 31.2 Å². The van der Waals surface area contributed by atoms with Gasteiger partial charge in [0.2, 0.25) is 0 Å². The Morgan fingerprint density at radius 2 is 1.64 bits per heavy atom. The standard InChI is InChI=1S/C30H26N4O4S/c1-34(2)24-15-13-21(14-16-24)19-26(32-28(35)23-9-4-3-5-10-23)29(36)33-31-20-22-8-6-11-25(18-22)38-30(37)27-12-7-17-39-27/h3-20H,1-2H3,(H,32,35)(H,33,36)/b26-19-,31-20-. The maximum absolute atomic E-state index is 13.0. The molecule has 0 saturated carbocycles. The van der Waals surface area contributed by atoms with Crippen molar-refractivity contribution in [1.29, 1.82) is 0 Å². The van der Waals surface area contributed by atoms with Crippen LogP contribution in [0, 0.1) is 0 Å². The van der Waals surface area contributed by atoms with Crippen molar-refractivity contribution in [3.05, 3.63) is 124 Å². The molecule has 0 atom stereocenters. The number of nitrogens with zero attached hydrogens (tertiary/aromatic N) is 2. The maximum atomic E-state index is 13.0. The quantitative estimate of drug-likeness (QED) is 0.103. The van der Waals surface area contributed by atoms with E-state index in [1.807, 2.05) is 43.3 Å². The summed E-state index contributed by atoms with van der Waals surface area (Å²) in [7, 11) is 3.87. The second kappa shape index (κ2) is 13.0. The van der Waals surface area contributed by atoms with E-state index in [0.29, 0.717) is 21.8 Å². The summed E-state index contributed by atoms with van der Waals surface area (Å²) >= 11 is 1.29. The first kappa shape index (κ1) is 27.0. The minimum absolute atomic E-state index is 0.0252. The summed E-state index contributed by atoms with van der Waals surface area (Å²) in [4.78, 5) is 40.5. The third-order valence-electron chi connectivity index (χ3n) is 5.42. The molecule has 0 aliphatic heterocycles. The first-order valence-corrected chi connectivity index (χ1v) is 12.8. The Bertz CT molecular complexity index is 1500. The van der Waals surface area contributed by atoms with E-state index < -0.39 is 17.8 Å². The lowest BCUT2D eigenvalue weighted by Gasteiger charge is -2.12. The summed E-state index contributed by atoms with van der Waals surface area (Å²) in [5.74, 6) is -1.13. The molecule has 196 valence electrons. The van der Waals surface area contributed by atoms with Crippen molar-refractivity contribution in [2.24, 2.45) is 5.10 Å². The van der Waals surface area contributed by atoms with Gasteiger partial charge >= 0.3 is 5.97 Å². The van der Waals surface area contributed by atoms with Crippen LogP contribution in [-0.2, 0) is 4.79 Å². The average Bonchev–Trinajstić information content (AvgIpc) is 3.49. The summed E-state index contributed by atoms with van der Waals surface area (Å²) in [6, 6.07) is 26.3. The molecule has 9 heteroatoms. The lowest BCUT2D eigenvalue weighted by atomic mass is 10.1. The Kier molecular flexibility index (Phi) is 8.99. The van der Waals surface area contributed by atoms with Crippen molar-refractivity contribution in [2.75, 3.05) is 19.0 Å². The van der Waals surface area contributed by atoms with E-state index in [4.69, 9.17) is 4.74 Å². The van der Waals surface area contributed by atoms with Crippen LogP contribution in [0.25, 0.3) is 6.08 Å². The first-order chi connectivity index (χ1) is 18.9. The monoisotopic (exact) mass is 538 g/mol. The van der Waals surface area contributed by atoms with Gasteiger partial charge in [0.05, 0.1) is 6.21 Å². The predicted molar refractivity (Wildman–Crippen MR) is 154 cm³/mol. The van der Waals surface area contributed by atoms with E-state index >= 15 is 0 Å². The number of rotatable bonds is 9. The van der Waals surface area contributed by atoms with Crippen LogP contribution in [0.4, 0.5) is 5.69 Å². The third kappa shape index (κ3) is 7.73. The van der Waals surface area contributed by atoms with E-state index in [1.54, 1.807) is 78.2 Å². The van der Waals surface area contributed by atoms with Gasteiger partial charge in [0, 0.05) is 25.3 Å². The van der Waals surface area contributed by atoms with E-state index in [0.717, 1.165) is 11.3 Å². The fourth-order valence-electron chi connectivity index (χ4n) is 3.41. The Morgan fingerprint density at radius 3 is 2.33 bits per heavy atom. The number of ether oxygens (including phenoxy) is 1. The Labute approximate surface area is 230 Å². The number of amides is 2. The van der Waals surface area contributed by atoms with Crippen LogP contribution < -0.4 is 20.4 Å². The van der Waals surface area contributed by atoms with Crippen LogP contribution in [0.2, 0.25) is 0 Å². The van der Waals surface area contributed by atoms with Crippen molar-refractivity contribution in [3.8, 4) is 5.75 Å². The van der Waals surface area contributed by atoms with E-state index in [1.165, 1.54) is 17.6 Å². The molecule has 2 N–H and O–H groups in total. The number of thiophene rings is 1. The van der Waals surface area contributed by atoms with E-state index in [-0.39, 0.29) is 5.70 Å². The number of esters is 1. The van der Waals surface area contributed by atoms with Crippen molar-refractivity contribution in [1.82, 2.24) is 10.7 Å². The van der Waals surface area contributed by atoms with Gasteiger partial charge in [-0.05, 0) is 65.0 Å². The fraction of sp³-hybridized carbons (Fsp3) is 0.0667. The Hall–Kier alpha value is -5.02. The van der Waals surface area contributed by atoms with Gasteiger partial charge in [-0.1, -0.05) is 48.5 Å². The second-order valence-electron chi connectivity index (χ2n) is 8.50. The Balaban J connectivity index is 1.48. The summed E-state index contributed by atoms with van der Waals surface area (Å²) in [5, 5.41) is 8.51. The minimum atomic E-state index is -0.604. The molecule has 0 spiro atoms. The average molecular weight is 539 g/mol.